The molecule has 0 unspecified atom stereocenters. The van der Waals surface area contributed by atoms with Crippen LogP contribution in [0.5, 0.6) is 0 Å². The fourth-order valence-corrected chi connectivity index (χ4v) is 3.44. The van der Waals surface area contributed by atoms with Gasteiger partial charge in [-0.05, 0) is 37.1 Å². The molecule has 0 N–H and O–H groups in total. The first-order valence-electron chi connectivity index (χ1n) is 9.13. The number of rotatable bonds is 7. The number of hydrogen-bond acceptors (Lipinski definition) is 2. The van der Waals surface area contributed by atoms with Crippen molar-refractivity contribution in [3.63, 3.8) is 0 Å². The second-order valence-electron chi connectivity index (χ2n) is 6.37. The first-order chi connectivity index (χ1) is 12.7. The molecule has 0 fully saturated rings. The van der Waals surface area contributed by atoms with E-state index < -0.39 is 0 Å². The molecule has 0 aliphatic heterocycles. The predicted molar refractivity (Wildman–Crippen MR) is 107 cm³/mol. The Morgan fingerprint density at radius 2 is 1.69 bits per heavy atom. The van der Waals surface area contributed by atoms with Gasteiger partial charge in [0, 0.05) is 18.7 Å². The zero-order valence-corrected chi connectivity index (χ0v) is 16.0. The average Bonchev–Trinajstić information content (AvgIpc) is 3.00. The third-order valence-corrected chi connectivity index (χ3v) is 4.73. The Balaban J connectivity index is 2.05. The van der Waals surface area contributed by atoms with Gasteiger partial charge < -0.3 is 9.47 Å². The molecule has 5 heteroatoms. The van der Waals surface area contributed by atoms with Gasteiger partial charge >= 0.3 is 0 Å². The summed E-state index contributed by atoms with van der Waals surface area (Å²) in [6, 6.07) is 15.5. The highest BCUT2D eigenvalue weighted by molar-refractivity contribution is 6.33. The van der Waals surface area contributed by atoms with Gasteiger partial charge in [-0.1, -0.05) is 49.7 Å². The van der Waals surface area contributed by atoms with Crippen LogP contribution in [0, 0.1) is 0 Å². The molecule has 0 aliphatic carbocycles. The molecule has 0 aliphatic rings. The molecule has 4 nitrogen and oxygen atoms in total. The van der Waals surface area contributed by atoms with Crippen molar-refractivity contribution in [2.45, 2.75) is 33.2 Å². The molecule has 0 spiro atoms. The Morgan fingerprint density at radius 1 is 1.04 bits per heavy atom. The lowest BCUT2D eigenvalue weighted by molar-refractivity contribution is -0.131. The fraction of sp³-hybridized carbons (Fsp3) is 0.333. The third-order valence-electron chi connectivity index (χ3n) is 4.40. The van der Waals surface area contributed by atoms with Crippen molar-refractivity contribution in [3.05, 3.63) is 53.6 Å². The van der Waals surface area contributed by atoms with Crippen LogP contribution in [-0.2, 0) is 11.3 Å². The first kappa shape index (κ1) is 18.5. The Kier molecular flexibility index (Phi) is 5.94. The van der Waals surface area contributed by atoms with E-state index in [1.54, 1.807) is 0 Å². The van der Waals surface area contributed by atoms with Gasteiger partial charge in [0.1, 0.15) is 12.4 Å². The van der Waals surface area contributed by atoms with Gasteiger partial charge in [-0.15, -0.1) is 0 Å². The number of benzene rings is 2. The van der Waals surface area contributed by atoms with Crippen molar-refractivity contribution >= 4 is 28.5 Å². The smallest absolute Gasteiger partial charge is 0.242 e. The Hall–Kier alpha value is -2.33. The SMILES string of the molecule is CCCN(CCC)C(=O)Cn1c(-c2ccccc2Cl)nc2ccccc21. The third kappa shape index (κ3) is 3.75. The molecular formula is C21H24ClN3O. The fourth-order valence-electron chi connectivity index (χ4n) is 3.22. The van der Waals surface area contributed by atoms with E-state index in [-0.39, 0.29) is 12.5 Å². The summed E-state index contributed by atoms with van der Waals surface area (Å²) in [5, 5.41) is 0.635. The van der Waals surface area contributed by atoms with Crippen LogP contribution >= 0.6 is 11.6 Å². The van der Waals surface area contributed by atoms with E-state index >= 15 is 0 Å². The molecule has 0 saturated carbocycles. The van der Waals surface area contributed by atoms with Gasteiger partial charge in [0.05, 0.1) is 16.1 Å². The van der Waals surface area contributed by atoms with Gasteiger partial charge in [0.25, 0.3) is 0 Å². The van der Waals surface area contributed by atoms with Gasteiger partial charge in [-0.3, -0.25) is 4.79 Å². The quantitative estimate of drug-likeness (QED) is 0.587. The van der Waals surface area contributed by atoms with Crippen LogP contribution < -0.4 is 0 Å². The molecular weight excluding hydrogens is 346 g/mol. The highest BCUT2D eigenvalue weighted by atomic mass is 35.5. The van der Waals surface area contributed by atoms with Crippen molar-refractivity contribution in [2.75, 3.05) is 13.1 Å². The van der Waals surface area contributed by atoms with Gasteiger partial charge in [-0.2, -0.15) is 0 Å². The normalized spacial score (nSPS) is 11.0. The number of carbonyl (C=O) groups is 1. The number of carbonyl (C=O) groups excluding carboxylic acids is 1. The highest BCUT2D eigenvalue weighted by Gasteiger charge is 2.19. The number of hydrogen-bond donors (Lipinski definition) is 0. The maximum absolute atomic E-state index is 12.9. The van der Waals surface area contributed by atoms with Gasteiger partial charge in [-0.25, -0.2) is 4.98 Å². The summed E-state index contributed by atoms with van der Waals surface area (Å²) < 4.78 is 1.98. The number of amides is 1. The number of aromatic nitrogens is 2. The molecule has 136 valence electrons. The summed E-state index contributed by atoms with van der Waals surface area (Å²) in [7, 11) is 0. The van der Waals surface area contributed by atoms with Crippen LogP contribution in [0.4, 0.5) is 0 Å². The lowest BCUT2D eigenvalue weighted by Gasteiger charge is -2.22. The molecule has 0 radical (unpaired) electrons. The topological polar surface area (TPSA) is 38.1 Å². The zero-order valence-electron chi connectivity index (χ0n) is 15.3. The number of imidazole rings is 1. The van der Waals surface area contributed by atoms with E-state index in [4.69, 9.17) is 16.6 Å². The summed E-state index contributed by atoms with van der Waals surface area (Å²) in [6.45, 7) is 6.01. The minimum absolute atomic E-state index is 0.116. The summed E-state index contributed by atoms with van der Waals surface area (Å²) in [6.07, 6.45) is 1.90. The van der Waals surface area contributed by atoms with Crippen LogP contribution in [0.2, 0.25) is 5.02 Å². The number of fused-ring (bicyclic) bond motifs is 1. The number of nitrogens with zero attached hydrogens (tertiary/aromatic N) is 3. The van der Waals surface area contributed by atoms with E-state index in [2.05, 4.69) is 13.8 Å². The van der Waals surface area contributed by atoms with E-state index in [0.717, 1.165) is 48.4 Å². The Labute approximate surface area is 159 Å². The van der Waals surface area contributed by atoms with Crippen molar-refractivity contribution in [1.29, 1.82) is 0 Å². The van der Waals surface area contributed by atoms with Crippen molar-refractivity contribution in [2.24, 2.45) is 0 Å². The molecule has 1 amide bonds. The number of para-hydroxylation sites is 2. The molecule has 3 rings (SSSR count). The summed E-state index contributed by atoms with van der Waals surface area (Å²) in [4.78, 5) is 19.6. The standard InChI is InChI=1S/C21H24ClN3O/c1-3-13-24(14-4-2)20(26)15-25-19-12-8-7-11-18(19)23-21(25)16-9-5-6-10-17(16)22/h5-12H,3-4,13-15H2,1-2H3. The van der Waals surface area contributed by atoms with Crippen LogP contribution in [0.1, 0.15) is 26.7 Å². The van der Waals surface area contributed by atoms with Crippen LogP contribution in [-0.4, -0.2) is 33.4 Å². The largest absolute Gasteiger partial charge is 0.341 e. The molecule has 1 heterocycles. The Morgan fingerprint density at radius 3 is 2.38 bits per heavy atom. The Bertz CT molecular complexity index is 897. The lowest BCUT2D eigenvalue weighted by atomic mass is 10.2. The molecule has 0 bridgehead atoms. The molecule has 1 aromatic heterocycles. The highest BCUT2D eigenvalue weighted by Crippen LogP contribution is 2.30. The van der Waals surface area contributed by atoms with Crippen LogP contribution in [0.3, 0.4) is 0 Å². The predicted octanol–water partition coefficient (Wildman–Crippen LogP) is 5.01. The summed E-state index contributed by atoms with van der Waals surface area (Å²) >= 11 is 6.41. The van der Waals surface area contributed by atoms with Crippen molar-refractivity contribution in [1.82, 2.24) is 14.5 Å². The number of halogens is 1. The van der Waals surface area contributed by atoms with E-state index in [9.17, 15) is 4.79 Å². The second kappa shape index (κ2) is 8.37. The van der Waals surface area contributed by atoms with Gasteiger partial charge in [0.2, 0.25) is 5.91 Å². The zero-order chi connectivity index (χ0) is 18.5. The molecule has 26 heavy (non-hydrogen) atoms. The second-order valence-corrected chi connectivity index (χ2v) is 6.78. The van der Waals surface area contributed by atoms with E-state index in [1.807, 2.05) is 58.0 Å². The van der Waals surface area contributed by atoms with Gasteiger partial charge in [0.15, 0.2) is 0 Å². The monoisotopic (exact) mass is 369 g/mol. The minimum Gasteiger partial charge on any atom is -0.341 e. The van der Waals surface area contributed by atoms with Crippen LogP contribution in [0.15, 0.2) is 48.5 Å². The molecule has 2 aromatic carbocycles. The van der Waals surface area contributed by atoms with E-state index in [0.29, 0.717) is 5.02 Å². The van der Waals surface area contributed by atoms with Crippen molar-refractivity contribution < 1.29 is 4.79 Å². The average molecular weight is 370 g/mol. The van der Waals surface area contributed by atoms with E-state index in [1.165, 1.54) is 0 Å². The maximum Gasteiger partial charge on any atom is 0.242 e. The molecule has 0 atom stereocenters. The minimum atomic E-state index is 0.116. The summed E-state index contributed by atoms with van der Waals surface area (Å²) in [5.41, 5.74) is 2.66. The first-order valence-corrected chi connectivity index (χ1v) is 9.51. The molecule has 0 saturated heterocycles. The van der Waals surface area contributed by atoms with Crippen LogP contribution in [0.25, 0.3) is 22.4 Å². The maximum atomic E-state index is 12.9. The summed E-state index contributed by atoms with van der Waals surface area (Å²) in [5.74, 6) is 0.850. The molecule has 3 aromatic rings. The van der Waals surface area contributed by atoms with Crippen molar-refractivity contribution in [3.8, 4) is 11.4 Å². The lowest BCUT2D eigenvalue weighted by Crippen LogP contribution is -2.35.